The van der Waals surface area contributed by atoms with Crippen molar-refractivity contribution in [2.24, 2.45) is 0 Å². The molecule has 1 aliphatic rings. The Kier molecular flexibility index (Phi) is 4.34. The molecule has 4 rings (SSSR count). The Morgan fingerprint density at radius 3 is 2.40 bits per heavy atom. The molecule has 4 nitrogen and oxygen atoms in total. The van der Waals surface area contributed by atoms with E-state index in [2.05, 4.69) is 41.6 Å². The zero-order chi connectivity index (χ0) is 17.4. The van der Waals surface area contributed by atoms with Crippen molar-refractivity contribution in [3.05, 3.63) is 46.7 Å². The number of hydrogen-bond donors (Lipinski definition) is 0. The summed E-state index contributed by atoms with van der Waals surface area (Å²) in [6.07, 6.45) is 6.45. The number of likely N-dealkylation sites (tertiary alicyclic amines) is 1. The fraction of sp³-hybridized carbons (Fsp3) is 0.400. The van der Waals surface area contributed by atoms with Crippen LogP contribution in [0.5, 0.6) is 0 Å². The van der Waals surface area contributed by atoms with E-state index < -0.39 is 0 Å². The predicted octanol–water partition coefficient (Wildman–Crippen LogP) is 4.72. The van der Waals surface area contributed by atoms with Crippen molar-refractivity contribution in [3.8, 4) is 5.69 Å². The summed E-state index contributed by atoms with van der Waals surface area (Å²) in [5.41, 5.74) is 3.29. The standard InChI is InChI=1S/C20H23N3OS/c1-14-9-10-15(2)23(14)17-16-8-7-11-21-19(16)25-18(17)20(24)22-12-5-3-4-6-13-22/h7-11H,3-6,12-13H2,1-2H3. The lowest BCUT2D eigenvalue weighted by atomic mass is 10.2. The highest BCUT2D eigenvalue weighted by Gasteiger charge is 2.26. The van der Waals surface area contributed by atoms with Gasteiger partial charge in [-0.15, -0.1) is 11.3 Å². The second kappa shape index (κ2) is 6.64. The van der Waals surface area contributed by atoms with Gasteiger partial charge in [-0.05, 0) is 51.0 Å². The minimum atomic E-state index is 0.160. The molecule has 0 aromatic carbocycles. The Labute approximate surface area is 152 Å². The molecule has 3 aromatic rings. The first-order valence-electron chi connectivity index (χ1n) is 8.99. The molecule has 3 aromatic heterocycles. The van der Waals surface area contributed by atoms with Gasteiger partial charge >= 0.3 is 0 Å². The second-order valence-electron chi connectivity index (χ2n) is 6.79. The monoisotopic (exact) mass is 353 g/mol. The molecule has 130 valence electrons. The number of rotatable bonds is 2. The maximum absolute atomic E-state index is 13.4. The largest absolute Gasteiger partial charge is 0.338 e. The number of pyridine rings is 1. The van der Waals surface area contributed by atoms with Gasteiger partial charge in [-0.1, -0.05) is 12.8 Å². The van der Waals surface area contributed by atoms with Crippen molar-refractivity contribution in [1.29, 1.82) is 0 Å². The molecule has 5 heteroatoms. The third-order valence-electron chi connectivity index (χ3n) is 5.02. The summed E-state index contributed by atoms with van der Waals surface area (Å²) in [5, 5.41) is 1.06. The van der Waals surface area contributed by atoms with Crippen LogP contribution in [0.25, 0.3) is 15.9 Å². The van der Waals surface area contributed by atoms with Gasteiger partial charge in [0.25, 0.3) is 5.91 Å². The molecule has 1 fully saturated rings. The van der Waals surface area contributed by atoms with Crippen LogP contribution < -0.4 is 0 Å². The van der Waals surface area contributed by atoms with Crippen LogP contribution in [-0.4, -0.2) is 33.4 Å². The smallest absolute Gasteiger partial charge is 0.266 e. The average molecular weight is 353 g/mol. The van der Waals surface area contributed by atoms with E-state index in [0.29, 0.717) is 0 Å². The average Bonchev–Trinajstić information content (AvgIpc) is 3.01. The van der Waals surface area contributed by atoms with E-state index in [1.54, 1.807) is 6.20 Å². The number of carbonyl (C=O) groups is 1. The lowest BCUT2D eigenvalue weighted by Gasteiger charge is -2.21. The van der Waals surface area contributed by atoms with Crippen molar-refractivity contribution >= 4 is 27.5 Å². The fourth-order valence-corrected chi connectivity index (χ4v) is 4.82. The van der Waals surface area contributed by atoms with Crippen LogP contribution in [0.2, 0.25) is 0 Å². The van der Waals surface area contributed by atoms with E-state index in [0.717, 1.165) is 58.1 Å². The number of aryl methyl sites for hydroxylation is 2. The molecule has 0 saturated carbocycles. The quantitative estimate of drug-likeness (QED) is 0.668. The summed E-state index contributed by atoms with van der Waals surface area (Å²) < 4.78 is 2.20. The highest BCUT2D eigenvalue weighted by atomic mass is 32.1. The summed E-state index contributed by atoms with van der Waals surface area (Å²) in [6, 6.07) is 8.24. The van der Waals surface area contributed by atoms with E-state index in [1.807, 2.05) is 11.0 Å². The summed E-state index contributed by atoms with van der Waals surface area (Å²) in [7, 11) is 0. The molecule has 0 bridgehead atoms. The highest BCUT2D eigenvalue weighted by Crippen LogP contribution is 2.36. The van der Waals surface area contributed by atoms with Gasteiger partial charge in [0.15, 0.2) is 0 Å². The van der Waals surface area contributed by atoms with E-state index in [4.69, 9.17) is 0 Å². The molecule has 25 heavy (non-hydrogen) atoms. The Morgan fingerprint density at radius 2 is 1.72 bits per heavy atom. The first-order chi connectivity index (χ1) is 12.2. The van der Waals surface area contributed by atoms with Crippen molar-refractivity contribution in [2.45, 2.75) is 39.5 Å². The Hall–Kier alpha value is -2.14. The topological polar surface area (TPSA) is 38.1 Å². The number of carbonyl (C=O) groups excluding carboxylic acids is 1. The molecular weight excluding hydrogens is 330 g/mol. The molecule has 1 aliphatic heterocycles. The molecule has 0 N–H and O–H groups in total. The SMILES string of the molecule is Cc1ccc(C)n1-c1c(C(=O)N2CCCCCC2)sc2ncccc12. The fourth-order valence-electron chi connectivity index (χ4n) is 3.73. The van der Waals surface area contributed by atoms with E-state index in [1.165, 1.54) is 24.2 Å². The Balaban J connectivity index is 1.89. The summed E-state index contributed by atoms with van der Waals surface area (Å²) in [4.78, 5) is 21.7. The number of amides is 1. The third kappa shape index (κ3) is 2.86. The molecule has 1 amide bonds. The molecule has 0 aliphatic carbocycles. The number of thiophene rings is 1. The Bertz CT molecular complexity index is 897. The van der Waals surface area contributed by atoms with Gasteiger partial charge in [-0.2, -0.15) is 0 Å². The van der Waals surface area contributed by atoms with Crippen LogP contribution in [0, 0.1) is 13.8 Å². The number of nitrogens with zero attached hydrogens (tertiary/aromatic N) is 3. The second-order valence-corrected chi connectivity index (χ2v) is 7.79. The molecule has 0 spiro atoms. The first kappa shape index (κ1) is 16.3. The zero-order valence-corrected chi connectivity index (χ0v) is 15.6. The summed E-state index contributed by atoms with van der Waals surface area (Å²) in [5.74, 6) is 0.160. The van der Waals surface area contributed by atoms with Crippen LogP contribution in [-0.2, 0) is 0 Å². The Morgan fingerprint density at radius 1 is 1.04 bits per heavy atom. The van der Waals surface area contributed by atoms with Crippen LogP contribution in [0.3, 0.4) is 0 Å². The molecule has 0 radical (unpaired) electrons. The van der Waals surface area contributed by atoms with E-state index in [9.17, 15) is 4.79 Å². The van der Waals surface area contributed by atoms with E-state index >= 15 is 0 Å². The summed E-state index contributed by atoms with van der Waals surface area (Å²) >= 11 is 1.52. The summed E-state index contributed by atoms with van der Waals surface area (Å²) in [6.45, 7) is 5.91. The van der Waals surface area contributed by atoms with Gasteiger partial charge < -0.3 is 9.47 Å². The minimum Gasteiger partial charge on any atom is -0.338 e. The third-order valence-corrected chi connectivity index (χ3v) is 6.11. The minimum absolute atomic E-state index is 0.160. The maximum Gasteiger partial charge on any atom is 0.266 e. The number of aromatic nitrogens is 2. The highest BCUT2D eigenvalue weighted by molar-refractivity contribution is 7.21. The van der Waals surface area contributed by atoms with Crippen LogP contribution in [0.15, 0.2) is 30.5 Å². The van der Waals surface area contributed by atoms with Crippen molar-refractivity contribution in [3.63, 3.8) is 0 Å². The van der Waals surface area contributed by atoms with Gasteiger partial charge in [0.1, 0.15) is 9.71 Å². The van der Waals surface area contributed by atoms with Crippen molar-refractivity contribution in [2.75, 3.05) is 13.1 Å². The van der Waals surface area contributed by atoms with Crippen molar-refractivity contribution in [1.82, 2.24) is 14.5 Å². The number of hydrogen-bond acceptors (Lipinski definition) is 3. The lowest BCUT2D eigenvalue weighted by molar-refractivity contribution is 0.0766. The predicted molar refractivity (Wildman–Crippen MR) is 103 cm³/mol. The lowest BCUT2D eigenvalue weighted by Crippen LogP contribution is -2.32. The zero-order valence-electron chi connectivity index (χ0n) is 14.8. The van der Waals surface area contributed by atoms with Crippen molar-refractivity contribution < 1.29 is 4.79 Å². The van der Waals surface area contributed by atoms with Crippen LogP contribution in [0.4, 0.5) is 0 Å². The molecule has 0 unspecified atom stereocenters. The van der Waals surface area contributed by atoms with Gasteiger partial charge in [-0.25, -0.2) is 4.98 Å². The number of fused-ring (bicyclic) bond motifs is 1. The first-order valence-corrected chi connectivity index (χ1v) is 9.80. The van der Waals surface area contributed by atoms with Gasteiger partial charge in [0.2, 0.25) is 0 Å². The maximum atomic E-state index is 13.4. The van der Waals surface area contributed by atoms with Gasteiger partial charge in [-0.3, -0.25) is 4.79 Å². The molecule has 1 saturated heterocycles. The van der Waals surface area contributed by atoms with E-state index in [-0.39, 0.29) is 5.91 Å². The van der Waals surface area contributed by atoms with Crippen LogP contribution in [0.1, 0.15) is 46.7 Å². The molecule has 0 atom stereocenters. The van der Waals surface area contributed by atoms with Gasteiger partial charge in [0.05, 0.1) is 5.69 Å². The molecule has 4 heterocycles. The van der Waals surface area contributed by atoms with Gasteiger partial charge in [0, 0.05) is 36.1 Å². The normalized spacial score (nSPS) is 15.5. The van der Waals surface area contributed by atoms with Crippen LogP contribution >= 0.6 is 11.3 Å². The molecular formula is C20H23N3OS.